The van der Waals surface area contributed by atoms with Gasteiger partial charge >= 0.3 is 5.97 Å². The fraction of sp³-hybridized carbons (Fsp3) is 0.700. The van der Waals surface area contributed by atoms with Crippen molar-refractivity contribution in [2.75, 3.05) is 13.2 Å². The molecule has 1 fully saturated rings. The molecule has 0 aliphatic carbocycles. The number of carbonyl (C=O) groups is 3. The standard InChI is InChI=1S/C10H15NO5S/c1-2-15-6-5-7(17)10(14)16-11-8(12)3-4-9(11)13/h7,17H,2-6H2,1H3/t7-/m0/s1. The quantitative estimate of drug-likeness (QED) is 0.423. The molecule has 6 nitrogen and oxygen atoms in total. The highest BCUT2D eigenvalue weighted by atomic mass is 32.1. The van der Waals surface area contributed by atoms with Gasteiger partial charge in [-0.15, -0.1) is 5.06 Å². The van der Waals surface area contributed by atoms with Crippen LogP contribution in [0.4, 0.5) is 0 Å². The second-order valence-corrected chi connectivity index (χ2v) is 4.12. The van der Waals surface area contributed by atoms with Crippen molar-refractivity contribution >= 4 is 30.4 Å². The van der Waals surface area contributed by atoms with Crippen molar-refractivity contribution in [2.45, 2.75) is 31.4 Å². The molecule has 0 radical (unpaired) electrons. The minimum Gasteiger partial charge on any atom is -0.382 e. The van der Waals surface area contributed by atoms with Gasteiger partial charge in [0.15, 0.2) is 0 Å². The molecule has 0 aromatic rings. The Balaban J connectivity index is 2.37. The molecule has 7 heteroatoms. The first-order valence-corrected chi connectivity index (χ1v) is 5.91. The second kappa shape index (κ2) is 6.61. The Labute approximate surface area is 105 Å². The highest BCUT2D eigenvalue weighted by molar-refractivity contribution is 7.81. The highest BCUT2D eigenvalue weighted by Gasteiger charge is 2.34. The molecule has 1 heterocycles. The molecular weight excluding hydrogens is 246 g/mol. The molecule has 0 aromatic carbocycles. The van der Waals surface area contributed by atoms with E-state index in [0.717, 1.165) is 0 Å². The van der Waals surface area contributed by atoms with E-state index in [1.807, 2.05) is 6.92 Å². The Morgan fingerprint density at radius 3 is 2.53 bits per heavy atom. The van der Waals surface area contributed by atoms with E-state index in [2.05, 4.69) is 12.6 Å². The normalized spacial score (nSPS) is 17.4. The fourth-order valence-electron chi connectivity index (χ4n) is 1.27. The Bertz CT molecular complexity index is 304. The predicted octanol–water partition coefficient (Wildman–Crippen LogP) is 0.319. The Kier molecular flexibility index (Phi) is 5.43. The van der Waals surface area contributed by atoms with Crippen molar-refractivity contribution in [3.63, 3.8) is 0 Å². The third-order valence-electron chi connectivity index (χ3n) is 2.20. The van der Waals surface area contributed by atoms with E-state index in [4.69, 9.17) is 9.57 Å². The number of imide groups is 1. The van der Waals surface area contributed by atoms with Crippen LogP contribution in [0.25, 0.3) is 0 Å². The van der Waals surface area contributed by atoms with Crippen molar-refractivity contribution in [1.29, 1.82) is 0 Å². The molecule has 0 spiro atoms. The maximum atomic E-state index is 11.5. The number of hydrogen-bond donors (Lipinski definition) is 1. The lowest BCUT2D eigenvalue weighted by Crippen LogP contribution is -2.35. The van der Waals surface area contributed by atoms with Gasteiger partial charge in [-0.2, -0.15) is 12.6 Å². The minimum atomic E-state index is -0.711. The van der Waals surface area contributed by atoms with E-state index >= 15 is 0 Å². The van der Waals surface area contributed by atoms with E-state index in [1.54, 1.807) is 0 Å². The van der Waals surface area contributed by atoms with Gasteiger partial charge in [0, 0.05) is 26.1 Å². The van der Waals surface area contributed by atoms with Gasteiger partial charge in [0.25, 0.3) is 11.8 Å². The zero-order chi connectivity index (χ0) is 12.8. The summed E-state index contributed by atoms with van der Waals surface area (Å²) < 4.78 is 5.06. The summed E-state index contributed by atoms with van der Waals surface area (Å²) in [5, 5.41) is -0.186. The molecule has 0 bridgehead atoms. The van der Waals surface area contributed by atoms with Gasteiger partial charge in [-0.05, 0) is 13.3 Å². The third kappa shape index (κ3) is 4.01. The monoisotopic (exact) mass is 261 g/mol. The lowest BCUT2D eigenvalue weighted by Gasteiger charge is -2.15. The van der Waals surface area contributed by atoms with Gasteiger partial charge in [-0.1, -0.05) is 0 Å². The maximum absolute atomic E-state index is 11.5. The van der Waals surface area contributed by atoms with Gasteiger partial charge in [0.2, 0.25) is 0 Å². The first kappa shape index (κ1) is 14.0. The molecule has 0 aromatic heterocycles. The van der Waals surface area contributed by atoms with E-state index in [9.17, 15) is 14.4 Å². The lowest BCUT2D eigenvalue weighted by atomic mass is 10.3. The summed E-state index contributed by atoms with van der Waals surface area (Å²) in [6, 6.07) is 0. The largest absolute Gasteiger partial charge is 0.382 e. The summed E-state index contributed by atoms with van der Waals surface area (Å²) in [4.78, 5) is 38.5. The number of hydrogen-bond acceptors (Lipinski definition) is 6. The zero-order valence-electron chi connectivity index (χ0n) is 9.55. The predicted molar refractivity (Wildman–Crippen MR) is 61.1 cm³/mol. The number of nitrogens with zero attached hydrogens (tertiary/aromatic N) is 1. The molecule has 1 aliphatic rings. The molecule has 1 saturated heterocycles. The van der Waals surface area contributed by atoms with Crippen molar-refractivity contribution < 1.29 is 24.0 Å². The minimum absolute atomic E-state index is 0.0856. The maximum Gasteiger partial charge on any atom is 0.345 e. The third-order valence-corrected chi connectivity index (χ3v) is 2.67. The number of amides is 2. The molecule has 1 atom stereocenters. The van der Waals surface area contributed by atoms with Crippen LogP contribution in [0.5, 0.6) is 0 Å². The van der Waals surface area contributed by atoms with Crippen LogP contribution in [0.3, 0.4) is 0 Å². The average molecular weight is 261 g/mol. The summed E-state index contributed by atoms with van der Waals surface area (Å²) in [5.74, 6) is -1.70. The highest BCUT2D eigenvalue weighted by Crippen LogP contribution is 2.14. The van der Waals surface area contributed by atoms with Crippen LogP contribution in [0.15, 0.2) is 0 Å². The van der Waals surface area contributed by atoms with Gasteiger partial charge < -0.3 is 9.57 Å². The van der Waals surface area contributed by atoms with Crippen molar-refractivity contribution in [3.05, 3.63) is 0 Å². The number of carbonyl (C=O) groups excluding carboxylic acids is 3. The fourth-order valence-corrected chi connectivity index (χ4v) is 1.42. The number of ether oxygens (including phenoxy) is 1. The van der Waals surface area contributed by atoms with Crippen LogP contribution < -0.4 is 0 Å². The number of rotatable bonds is 6. The Hall–Kier alpha value is -1.08. The van der Waals surface area contributed by atoms with Gasteiger partial charge in [-0.3, -0.25) is 9.59 Å². The molecule has 2 amide bonds. The molecular formula is C10H15NO5S. The summed E-state index contributed by atoms with van der Waals surface area (Å²) in [7, 11) is 0. The Morgan fingerprint density at radius 2 is 2.00 bits per heavy atom. The van der Waals surface area contributed by atoms with E-state index < -0.39 is 23.0 Å². The zero-order valence-corrected chi connectivity index (χ0v) is 10.4. The van der Waals surface area contributed by atoms with Crippen molar-refractivity contribution in [1.82, 2.24) is 5.06 Å². The second-order valence-electron chi connectivity index (χ2n) is 3.49. The van der Waals surface area contributed by atoms with Crippen LogP contribution >= 0.6 is 12.6 Å². The summed E-state index contributed by atoms with van der Waals surface area (Å²) >= 11 is 4.03. The van der Waals surface area contributed by atoms with Crippen LogP contribution in [-0.4, -0.2) is 41.3 Å². The topological polar surface area (TPSA) is 72.9 Å². The first-order chi connectivity index (χ1) is 8.06. The van der Waals surface area contributed by atoms with E-state index in [-0.39, 0.29) is 12.8 Å². The molecule has 1 rings (SSSR count). The molecule has 1 aliphatic heterocycles. The summed E-state index contributed by atoms with van der Waals surface area (Å²) in [6.07, 6.45) is 0.538. The number of hydroxylamine groups is 2. The van der Waals surface area contributed by atoms with Crippen molar-refractivity contribution in [3.8, 4) is 0 Å². The smallest absolute Gasteiger partial charge is 0.345 e. The van der Waals surface area contributed by atoms with Crippen LogP contribution in [0, 0.1) is 0 Å². The van der Waals surface area contributed by atoms with Crippen LogP contribution in [0.2, 0.25) is 0 Å². The van der Waals surface area contributed by atoms with Crippen LogP contribution in [0.1, 0.15) is 26.2 Å². The first-order valence-electron chi connectivity index (χ1n) is 5.39. The van der Waals surface area contributed by atoms with Crippen molar-refractivity contribution in [2.24, 2.45) is 0 Å². The SMILES string of the molecule is CCOCC[C@H](S)C(=O)ON1C(=O)CCC1=O. The van der Waals surface area contributed by atoms with Crippen LogP contribution in [-0.2, 0) is 24.0 Å². The van der Waals surface area contributed by atoms with E-state index in [1.165, 1.54) is 0 Å². The van der Waals surface area contributed by atoms with Gasteiger partial charge in [-0.25, -0.2) is 4.79 Å². The van der Waals surface area contributed by atoms with Gasteiger partial charge in [0.05, 0.1) is 0 Å². The molecule has 17 heavy (non-hydrogen) atoms. The Morgan fingerprint density at radius 1 is 1.41 bits per heavy atom. The summed E-state index contributed by atoms with van der Waals surface area (Å²) in [5.41, 5.74) is 0. The molecule has 0 N–H and O–H groups in total. The van der Waals surface area contributed by atoms with Gasteiger partial charge in [0.1, 0.15) is 5.25 Å². The summed E-state index contributed by atoms with van der Waals surface area (Å²) in [6.45, 7) is 2.77. The lowest BCUT2D eigenvalue weighted by molar-refractivity contribution is -0.197. The molecule has 0 saturated carbocycles. The van der Waals surface area contributed by atoms with E-state index in [0.29, 0.717) is 24.7 Å². The average Bonchev–Trinajstić information content (AvgIpc) is 2.61. The molecule has 96 valence electrons. The number of thiol groups is 1. The molecule has 0 unspecified atom stereocenters.